The summed E-state index contributed by atoms with van der Waals surface area (Å²) >= 11 is 0. The second-order valence-electron chi connectivity index (χ2n) is 6.84. The lowest BCUT2D eigenvalue weighted by molar-refractivity contribution is -0.158. The van der Waals surface area contributed by atoms with Crippen LogP contribution < -0.4 is 0 Å². The molecule has 0 saturated carbocycles. The maximum absolute atomic E-state index is 12.6. The molecule has 2 aliphatic rings. The van der Waals surface area contributed by atoms with E-state index in [4.69, 9.17) is 4.74 Å². The SMILES string of the molecule is CN(Cc1cccnc1)C1CCN(C(=O)[C@@H]2CCCO2)C(C(=O)O)C1. The van der Waals surface area contributed by atoms with Gasteiger partial charge in [0.25, 0.3) is 5.91 Å². The molecule has 2 aliphatic heterocycles. The van der Waals surface area contributed by atoms with Crippen LogP contribution in [0.15, 0.2) is 24.5 Å². The fourth-order valence-corrected chi connectivity index (χ4v) is 3.71. The van der Waals surface area contributed by atoms with E-state index in [1.807, 2.05) is 25.4 Å². The van der Waals surface area contributed by atoms with Crippen molar-refractivity contribution in [3.05, 3.63) is 30.1 Å². The molecule has 0 aliphatic carbocycles. The highest BCUT2D eigenvalue weighted by molar-refractivity contribution is 5.86. The molecule has 0 radical (unpaired) electrons. The molecule has 0 spiro atoms. The number of amides is 1. The third-order valence-electron chi connectivity index (χ3n) is 5.13. The van der Waals surface area contributed by atoms with Gasteiger partial charge in [0, 0.05) is 38.1 Å². The maximum atomic E-state index is 12.6. The maximum Gasteiger partial charge on any atom is 0.326 e. The summed E-state index contributed by atoms with van der Waals surface area (Å²) in [6.45, 7) is 1.75. The quantitative estimate of drug-likeness (QED) is 0.860. The molecule has 3 atom stereocenters. The van der Waals surface area contributed by atoms with Crippen molar-refractivity contribution in [1.82, 2.24) is 14.8 Å². The highest BCUT2D eigenvalue weighted by Crippen LogP contribution is 2.25. The van der Waals surface area contributed by atoms with Crippen LogP contribution in [-0.2, 0) is 20.9 Å². The molecule has 3 rings (SSSR count). The van der Waals surface area contributed by atoms with Crippen molar-refractivity contribution in [2.45, 2.75) is 50.4 Å². The minimum Gasteiger partial charge on any atom is -0.480 e. The van der Waals surface area contributed by atoms with Gasteiger partial charge in [0.1, 0.15) is 12.1 Å². The third-order valence-corrected chi connectivity index (χ3v) is 5.13. The average molecular weight is 347 g/mol. The molecule has 1 N–H and O–H groups in total. The first kappa shape index (κ1) is 17.8. The van der Waals surface area contributed by atoms with E-state index in [1.54, 1.807) is 6.20 Å². The lowest BCUT2D eigenvalue weighted by Crippen LogP contribution is -2.56. The molecule has 0 bridgehead atoms. The van der Waals surface area contributed by atoms with Crippen molar-refractivity contribution in [3.63, 3.8) is 0 Å². The van der Waals surface area contributed by atoms with Crippen molar-refractivity contribution >= 4 is 11.9 Å². The van der Waals surface area contributed by atoms with Crippen molar-refractivity contribution in [2.75, 3.05) is 20.2 Å². The van der Waals surface area contributed by atoms with Crippen LogP contribution in [0.5, 0.6) is 0 Å². The summed E-state index contributed by atoms with van der Waals surface area (Å²) in [5.74, 6) is -1.11. The van der Waals surface area contributed by atoms with Gasteiger partial charge in [0.15, 0.2) is 0 Å². The molecule has 2 saturated heterocycles. The number of carboxylic acids is 1. The first-order valence-corrected chi connectivity index (χ1v) is 8.80. The van der Waals surface area contributed by atoms with Gasteiger partial charge in [-0.15, -0.1) is 0 Å². The number of aliphatic carboxylic acids is 1. The Kier molecular flexibility index (Phi) is 5.65. The molecule has 2 unspecified atom stereocenters. The molecule has 1 aromatic heterocycles. The molecule has 7 heteroatoms. The second-order valence-corrected chi connectivity index (χ2v) is 6.84. The van der Waals surface area contributed by atoms with Crippen LogP contribution in [0.3, 0.4) is 0 Å². The molecular formula is C18H25N3O4. The summed E-state index contributed by atoms with van der Waals surface area (Å²) < 4.78 is 5.45. The number of carbonyl (C=O) groups is 2. The molecule has 2 fully saturated rings. The van der Waals surface area contributed by atoms with Gasteiger partial charge in [-0.05, 0) is 44.4 Å². The van der Waals surface area contributed by atoms with Crippen LogP contribution in [0.4, 0.5) is 0 Å². The van der Waals surface area contributed by atoms with Gasteiger partial charge in [0.05, 0.1) is 0 Å². The van der Waals surface area contributed by atoms with E-state index in [0.29, 0.717) is 32.5 Å². The standard InChI is InChI=1S/C18H25N3O4/c1-20(12-13-4-2-7-19-11-13)14-6-8-21(15(10-14)18(23)24)17(22)16-5-3-9-25-16/h2,4,7,11,14-16H,3,5-6,8-10,12H2,1H3,(H,23,24)/t14?,15?,16-/m0/s1. The molecule has 1 aromatic rings. The lowest BCUT2D eigenvalue weighted by atomic mass is 9.95. The number of carbonyl (C=O) groups excluding carboxylic acids is 1. The molecule has 1 amide bonds. The van der Waals surface area contributed by atoms with Gasteiger partial charge in [-0.25, -0.2) is 4.79 Å². The fourth-order valence-electron chi connectivity index (χ4n) is 3.71. The van der Waals surface area contributed by atoms with E-state index in [9.17, 15) is 14.7 Å². The average Bonchev–Trinajstić information content (AvgIpc) is 3.16. The number of pyridine rings is 1. The Morgan fingerprint density at radius 1 is 1.44 bits per heavy atom. The van der Waals surface area contributed by atoms with E-state index in [0.717, 1.165) is 18.4 Å². The molecule has 7 nitrogen and oxygen atoms in total. The van der Waals surface area contributed by atoms with Crippen LogP contribution in [0.2, 0.25) is 0 Å². The summed E-state index contributed by atoms with van der Waals surface area (Å²) in [6, 6.07) is 3.24. The lowest BCUT2D eigenvalue weighted by Gasteiger charge is -2.41. The number of hydrogen-bond donors (Lipinski definition) is 1. The summed E-state index contributed by atoms with van der Waals surface area (Å²) in [5.41, 5.74) is 1.09. The Hall–Kier alpha value is -1.99. The van der Waals surface area contributed by atoms with E-state index in [-0.39, 0.29) is 11.9 Å². The number of carboxylic acid groups (broad SMARTS) is 1. The number of likely N-dealkylation sites (tertiary alicyclic amines) is 1. The van der Waals surface area contributed by atoms with Crippen molar-refractivity contribution in [3.8, 4) is 0 Å². The summed E-state index contributed by atoms with van der Waals surface area (Å²) in [7, 11) is 1.99. The first-order valence-electron chi connectivity index (χ1n) is 8.80. The first-order chi connectivity index (χ1) is 12.1. The number of ether oxygens (including phenoxy) is 1. The van der Waals surface area contributed by atoms with Crippen LogP contribution in [-0.4, -0.2) is 70.2 Å². The van der Waals surface area contributed by atoms with Gasteiger partial charge in [0.2, 0.25) is 0 Å². The van der Waals surface area contributed by atoms with Gasteiger partial charge in [-0.2, -0.15) is 0 Å². The minimum absolute atomic E-state index is 0.120. The number of piperidine rings is 1. The van der Waals surface area contributed by atoms with E-state index in [1.165, 1.54) is 4.90 Å². The Bertz CT molecular complexity index is 604. The molecule has 136 valence electrons. The van der Waals surface area contributed by atoms with Crippen LogP contribution in [0, 0.1) is 0 Å². The Labute approximate surface area is 147 Å². The largest absolute Gasteiger partial charge is 0.480 e. The molecule has 0 aromatic carbocycles. The zero-order chi connectivity index (χ0) is 17.8. The number of hydrogen-bond acceptors (Lipinski definition) is 5. The van der Waals surface area contributed by atoms with Crippen molar-refractivity contribution in [1.29, 1.82) is 0 Å². The topological polar surface area (TPSA) is 83.0 Å². The van der Waals surface area contributed by atoms with Crippen molar-refractivity contribution < 1.29 is 19.4 Å². The predicted octanol–water partition coefficient (Wildman–Crippen LogP) is 1.14. The van der Waals surface area contributed by atoms with Gasteiger partial charge >= 0.3 is 5.97 Å². The van der Waals surface area contributed by atoms with Gasteiger partial charge < -0.3 is 14.7 Å². The van der Waals surface area contributed by atoms with Gasteiger partial charge in [-0.1, -0.05) is 6.07 Å². The van der Waals surface area contributed by atoms with Crippen LogP contribution >= 0.6 is 0 Å². The third kappa shape index (κ3) is 4.16. The summed E-state index contributed by atoms with van der Waals surface area (Å²) in [5, 5.41) is 9.63. The zero-order valence-corrected chi connectivity index (χ0v) is 14.5. The smallest absolute Gasteiger partial charge is 0.326 e. The van der Waals surface area contributed by atoms with Crippen LogP contribution in [0.25, 0.3) is 0 Å². The van der Waals surface area contributed by atoms with Gasteiger partial charge in [-0.3, -0.25) is 14.7 Å². The van der Waals surface area contributed by atoms with Crippen molar-refractivity contribution in [2.24, 2.45) is 0 Å². The van der Waals surface area contributed by atoms with E-state index < -0.39 is 18.1 Å². The number of nitrogens with zero attached hydrogens (tertiary/aromatic N) is 3. The Morgan fingerprint density at radius 3 is 2.92 bits per heavy atom. The van der Waals surface area contributed by atoms with E-state index >= 15 is 0 Å². The second kappa shape index (κ2) is 7.93. The number of rotatable bonds is 5. The van der Waals surface area contributed by atoms with Crippen LogP contribution in [0.1, 0.15) is 31.2 Å². The fraction of sp³-hybridized carbons (Fsp3) is 0.611. The minimum atomic E-state index is -0.939. The molecule has 3 heterocycles. The number of aromatic nitrogens is 1. The zero-order valence-electron chi connectivity index (χ0n) is 14.5. The predicted molar refractivity (Wildman–Crippen MR) is 90.8 cm³/mol. The Morgan fingerprint density at radius 2 is 2.28 bits per heavy atom. The normalized spacial score (nSPS) is 26.8. The Balaban J connectivity index is 1.64. The summed E-state index contributed by atoms with van der Waals surface area (Å²) in [4.78, 5) is 32.1. The van der Waals surface area contributed by atoms with E-state index in [2.05, 4.69) is 9.88 Å². The highest BCUT2D eigenvalue weighted by Gasteiger charge is 2.40. The summed E-state index contributed by atoms with van der Waals surface area (Å²) in [6.07, 6.45) is 5.83. The molecule has 25 heavy (non-hydrogen) atoms. The highest BCUT2D eigenvalue weighted by atomic mass is 16.5. The molecular weight excluding hydrogens is 322 g/mol. The monoisotopic (exact) mass is 347 g/mol.